The van der Waals surface area contributed by atoms with E-state index < -0.39 is 0 Å². The highest BCUT2D eigenvalue weighted by Gasteiger charge is 2.20. The molecule has 2 heterocycles. The van der Waals surface area contributed by atoms with Crippen LogP contribution in [0.5, 0.6) is 0 Å². The summed E-state index contributed by atoms with van der Waals surface area (Å²) in [6, 6.07) is 10.3. The second kappa shape index (κ2) is 4.58. The van der Waals surface area contributed by atoms with E-state index in [0.717, 1.165) is 31.2 Å². The van der Waals surface area contributed by atoms with E-state index >= 15 is 0 Å². The van der Waals surface area contributed by atoms with Crippen molar-refractivity contribution < 1.29 is 0 Å². The Bertz CT molecular complexity index is 558. The van der Waals surface area contributed by atoms with E-state index in [2.05, 4.69) is 39.1 Å². The van der Waals surface area contributed by atoms with Crippen LogP contribution in [-0.4, -0.2) is 9.97 Å². The predicted molar refractivity (Wildman–Crippen MR) is 72.7 cm³/mol. The molecule has 0 atom stereocenters. The van der Waals surface area contributed by atoms with Gasteiger partial charge in [-0.1, -0.05) is 42.8 Å². The van der Waals surface area contributed by atoms with Crippen molar-refractivity contribution >= 4 is 17.4 Å². The van der Waals surface area contributed by atoms with Crippen LogP contribution in [0.2, 0.25) is 5.15 Å². The minimum absolute atomic E-state index is 0.521. The molecule has 0 unspecified atom stereocenters. The number of hydrogen-bond donors (Lipinski definition) is 0. The van der Waals surface area contributed by atoms with Crippen LogP contribution < -0.4 is 4.90 Å². The number of anilines is 1. The molecule has 4 heteroatoms. The Morgan fingerprint density at radius 2 is 1.83 bits per heavy atom. The first-order valence-corrected chi connectivity index (χ1v) is 6.49. The topological polar surface area (TPSA) is 29.0 Å². The van der Waals surface area contributed by atoms with Gasteiger partial charge in [-0.15, -0.1) is 0 Å². The van der Waals surface area contributed by atoms with E-state index in [0.29, 0.717) is 5.15 Å². The van der Waals surface area contributed by atoms with Crippen molar-refractivity contribution in [2.75, 3.05) is 4.90 Å². The average molecular weight is 260 g/mol. The summed E-state index contributed by atoms with van der Waals surface area (Å²) < 4.78 is 0. The normalized spacial score (nSPS) is 13.8. The van der Waals surface area contributed by atoms with E-state index in [1.165, 1.54) is 11.1 Å². The van der Waals surface area contributed by atoms with Crippen LogP contribution in [0.3, 0.4) is 0 Å². The van der Waals surface area contributed by atoms with Crippen molar-refractivity contribution in [3.05, 3.63) is 52.4 Å². The lowest BCUT2D eigenvalue weighted by molar-refractivity contribution is 0.829. The molecule has 1 aliphatic rings. The van der Waals surface area contributed by atoms with E-state index in [-0.39, 0.29) is 0 Å². The highest BCUT2D eigenvalue weighted by Crippen LogP contribution is 2.27. The Hall–Kier alpha value is -1.61. The third kappa shape index (κ3) is 2.06. The van der Waals surface area contributed by atoms with Gasteiger partial charge in [0.05, 0.1) is 0 Å². The van der Waals surface area contributed by atoms with Crippen LogP contribution in [0, 0.1) is 0 Å². The van der Waals surface area contributed by atoms with E-state index in [1.807, 2.05) is 13.0 Å². The summed E-state index contributed by atoms with van der Waals surface area (Å²) in [6.07, 6.45) is 0.800. The second-order valence-corrected chi connectivity index (χ2v) is 4.83. The Balaban J connectivity index is 1.92. The minimum atomic E-state index is 0.521. The molecule has 92 valence electrons. The third-order valence-electron chi connectivity index (χ3n) is 3.21. The number of hydrogen-bond acceptors (Lipinski definition) is 3. The van der Waals surface area contributed by atoms with Gasteiger partial charge in [0.25, 0.3) is 0 Å². The maximum Gasteiger partial charge on any atom is 0.134 e. The van der Waals surface area contributed by atoms with Crippen LogP contribution in [0.1, 0.15) is 23.9 Å². The molecule has 0 bridgehead atoms. The SMILES string of the molecule is CCc1nc(Cl)cc(N2Cc3ccccc3C2)n1. The zero-order valence-electron chi connectivity index (χ0n) is 10.2. The van der Waals surface area contributed by atoms with Gasteiger partial charge < -0.3 is 4.90 Å². The number of rotatable bonds is 2. The van der Waals surface area contributed by atoms with Crippen LogP contribution in [0.25, 0.3) is 0 Å². The van der Waals surface area contributed by atoms with Crippen molar-refractivity contribution in [3.63, 3.8) is 0 Å². The lowest BCUT2D eigenvalue weighted by Gasteiger charge is -2.17. The van der Waals surface area contributed by atoms with Crippen LogP contribution in [0.15, 0.2) is 30.3 Å². The molecule has 0 fully saturated rings. The Kier molecular flexibility index (Phi) is 2.92. The summed E-state index contributed by atoms with van der Waals surface area (Å²) in [6.45, 7) is 3.83. The fourth-order valence-electron chi connectivity index (χ4n) is 2.27. The van der Waals surface area contributed by atoms with Crippen molar-refractivity contribution in [1.82, 2.24) is 9.97 Å². The first-order chi connectivity index (χ1) is 8.76. The fraction of sp³-hybridized carbons (Fsp3) is 0.286. The monoisotopic (exact) mass is 259 g/mol. The average Bonchev–Trinajstić information content (AvgIpc) is 2.81. The maximum atomic E-state index is 6.04. The number of aromatic nitrogens is 2. The van der Waals surface area contributed by atoms with Crippen LogP contribution >= 0.6 is 11.6 Å². The summed E-state index contributed by atoms with van der Waals surface area (Å²) in [7, 11) is 0. The Labute approximate surface area is 111 Å². The molecule has 2 aromatic rings. The summed E-state index contributed by atoms with van der Waals surface area (Å²) in [4.78, 5) is 11.0. The first-order valence-electron chi connectivity index (χ1n) is 6.11. The fourth-order valence-corrected chi connectivity index (χ4v) is 2.46. The van der Waals surface area contributed by atoms with Gasteiger partial charge in [0, 0.05) is 25.6 Å². The zero-order valence-corrected chi connectivity index (χ0v) is 11.0. The molecule has 0 amide bonds. The number of benzene rings is 1. The molecule has 3 rings (SSSR count). The van der Waals surface area contributed by atoms with Gasteiger partial charge in [0.2, 0.25) is 0 Å². The first kappa shape index (κ1) is 11.5. The summed E-state index contributed by atoms with van der Waals surface area (Å²) in [5.74, 6) is 1.72. The molecule has 0 saturated carbocycles. The minimum Gasteiger partial charge on any atom is -0.348 e. The van der Waals surface area contributed by atoms with Crippen molar-refractivity contribution in [1.29, 1.82) is 0 Å². The van der Waals surface area contributed by atoms with Gasteiger partial charge in [-0.3, -0.25) is 0 Å². The van der Waals surface area contributed by atoms with Gasteiger partial charge in [-0.25, -0.2) is 9.97 Å². The van der Waals surface area contributed by atoms with E-state index in [4.69, 9.17) is 11.6 Å². The Morgan fingerprint density at radius 3 is 2.44 bits per heavy atom. The molecule has 1 aromatic heterocycles. The highest BCUT2D eigenvalue weighted by atomic mass is 35.5. The lowest BCUT2D eigenvalue weighted by atomic mass is 10.1. The van der Waals surface area contributed by atoms with Crippen molar-refractivity contribution in [2.45, 2.75) is 26.4 Å². The van der Waals surface area contributed by atoms with Gasteiger partial charge in [-0.2, -0.15) is 0 Å². The van der Waals surface area contributed by atoms with Gasteiger partial charge >= 0.3 is 0 Å². The number of nitrogens with zero attached hydrogens (tertiary/aromatic N) is 3. The molecule has 0 radical (unpaired) electrons. The van der Waals surface area contributed by atoms with E-state index in [1.54, 1.807) is 0 Å². The summed E-state index contributed by atoms with van der Waals surface area (Å²) in [5, 5.41) is 0.521. The van der Waals surface area contributed by atoms with Gasteiger partial charge in [0.1, 0.15) is 16.8 Å². The number of fused-ring (bicyclic) bond motifs is 1. The molecule has 0 aliphatic carbocycles. The summed E-state index contributed by atoms with van der Waals surface area (Å²) in [5.41, 5.74) is 2.73. The predicted octanol–water partition coefficient (Wildman–Crippen LogP) is 3.21. The van der Waals surface area contributed by atoms with Crippen molar-refractivity contribution in [2.24, 2.45) is 0 Å². The largest absolute Gasteiger partial charge is 0.348 e. The standard InChI is InChI=1S/C14H14ClN3/c1-2-13-16-12(15)7-14(17-13)18-8-10-5-3-4-6-11(10)9-18/h3-7H,2,8-9H2,1H3. The molecule has 0 N–H and O–H groups in total. The lowest BCUT2D eigenvalue weighted by Crippen LogP contribution is -2.17. The molecular weight excluding hydrogens is 246 g/mol. The van der Waals surface area contributed by atoms with Gasteiger partial charge in [0.15, 0.2) is 0 Å². The number of halogens is 1. The molecule has 18 heavy (non-hydrogen) atoms. The van der Waals surface area contributed by atoms with E-state index in [9.17, 15) is 0 Å². The quantitative estimate of drug-likeness (QED) is 0.776. The molecule has 1 aliphatic heterocycles. The highest BCUT2D eigenvalue weighted by molar-refractivity contribution is 6.29. The molecule has 1 aromatic carbocycles. The smallest absolute Gasteiger partial charge is 0.134 e. The molecule has 0 spiro atoms. The summed E-state index contributed by atoms with van der Waals surface area (Å²) >= 11 is 6.04. The van der Waals surface area contributed by atoms with Crippen LogP contribution in [-0.2, 0) is 19.5 Å². The maximum absolute atomic E-state index is 6.04. The van der Waals surface area contributed by atoms with Crippen LogP contribution in [0.4, 0.5) is 5.82 Å². The molecule has 3 nitrogen and oxygen atoms in total. The zero-order chi connectivity index (χ0) is 12.5. The second-order valence-electron chi connectivity index (χ2n) is 4.44. The van der Waals surface area contributed by atoms with Crippen molar-refractivity contribution in [3.8, 4) is 0 Å². The number of aryl methyl sites for hydroxylation is 1. The Morgan fingerprint density at radius 1 is 1.17 bits per heavy atom. The third-order valence-corrected chi connectivity index (χ3v) is 3.40. The molecular formula is C14H14ClN3. The molecule has 0 saturated heterocycles. The van der Waals surface area contributed by atoms with Gasteiger partial charge in [-0.05, 0) is 11.1 Å².